The second-order valence-corrected chi connectivity index (χ2v) is 9.19. The lowest BCUT2D eigenvalue weighted by atomic mass is 10.1. The Bertz CT molecular complexity index is 1200. The van der Waals surface area contributed by atoms with Crippen molar-refractivity contribution in [2.24, 2.45) is 0 Å². The number of rotatable bonds is 10. The van der Waals surface area contributed by atoms with Gasteiger partial charge in [0.25, 0.3) is 5.91 Å². The van der Waals surface area contributed by atoms with Crippen molar-refractivity contribution in [3.05, 3.63) is 48.0 Å². The van der Waals surface area contributed by atoms with Crippen molar-refractivity contribution in [2.75, 3.05) is 42.6 Å². The predicted molar refractivity (Wildman–Crippen MR) is 138 cm³/mol. The van der Waals surface area contributed by atoms with Gasteiger partial charge in [0.05, 0.1) is 17.0 Å². The summed E-state index contributed by atoms with van der Waals surface area (Å²) in [7, 11) is 0. The fraction of sp³-hybridized carbons (Fsp3) is 0.385. The number of likely N-dealkylation sites (N-methyl/N-ethyl adjacent to an activating group) is 1. The fourth-order valence-corrected chi connectivity index (χ4v) is 5.15. The van der Waals surface area contributed by atoms with E-state index in [1.165, 1.54) is 16.2 Å². The molecule has 1 aliphatic heterocycles. The van der Waals surface area contributed by atoms with Gasteiger partial charge in [-0.2, -0.15) is 0 Å². The lowest BCUT2D eigenvalue weighted by Crippen LogP contribution is -2.39. The van der Waals surface area contributed by atoms with Crippen LogP contribution in [0.5, 0.6) is 5.75 Å². The molecule has 2 aromatic carbocycles. The number of aromatic nitrogens is 1. The van der Waals surface area contributed by atoms with Crippen molar-refractivity contribution < 1.29 is 19.1 Å². The molecule has 1 aliphatic rings. The zero-order chi connectivity index (χ0) is 24.9. The normalized spacial score (nSPS) is 13.8. The molecule has 9 heteroatoms. The number of thiazole rings is 1. The Morgan fingerprint density at radius 3 is 2.31 bits per heavy atom. The second-order valence-electron chi connectivity index (χ2n) is 8.19. The minimum absolute atomic E-state index is 0.181. The number of para-hydroxylation sites is 1. The van der Waals surface area contributed by atoms with Gasteiger partial charge in [-0.1, -0.05) is 31.3 Å². The average molecular weight is 495 g/mol. The molecular weight excluding hydrogens is 464 g/mol. The van der Waals surface area contributed by atoms with Crippen LogP contribution in [-0.4, -0.2) is 60.4 Å². The van der Waals surface area contributed by atoms with Gasteiger partial charge in [-0.3, -0.25) is 24.2 Å². The fourth-order valence-electron chi connectivity index (χ4n) is 4.14. The highest BCUT2D eigenvalue weighted by Gasteiger charge is 2.30. The molecule has 3 amide bonds. The molecule has 8 nitrogen and oxygen atoms in total. The van der Waals surface area contributed by atoms with Crippen LogP contribution in [0.15, 0.2) is 42.5 Å². The second kappa shape index (κ2) is 11.0. The molecule has 0 saturated carbocycles. The number of hydrogen-bond donors (Lipinski definition) is 0. The van der Waals surface area contributed by atoms with Gasteiger partial charge < -0.3 is 9.64 Å². The number of anilines is 2. The van der Waals surface area contributed by atoms with Crippen LogP contribution in [0.4, 0.5) is 10.8 Å². The number of nitrogens with zero attached hydrogens (tertiary/aromatic N) is 4. The van der Waals surface area contributed by atoms with Gasteiger partial charge in [0.2, 0.25) is 11.8 Å². The van der Waals surface area contributed by atoms with Crippen molar-refractivity contribution in [1.82, 2.24) is 9.88 Å². The molecule has 4 rings (SSSR count). The van der Waals surface area contributed by atoms with E-state index < -0.39 is 0 Å². The Labute approximate surface area is 209 Å². The van der Waals surface area contributed by atoms with Crippen LogP contribution < -0.4 is 14.5 Å². The Hall–Kier alpha value is -3.30. The summed E-state index contributed by atoms with van der Waals surface area (Å²) in [6, 6.07) is 12.4. The van der Waals surface area contributed by atoms with Gasteiger partial charge in [-0.25, -0.2) is 4.98 Å². The third kappa shape index (κ3) is 5.21. The molecule has 0 N–H and O–H groups in total. The van der Waals surface area contributed by atoms with E-state index in [0.717, 1.165) is 23.3 Å². The zero-order valence-corrected chi connectivity index (χ0v) is 21.1. The van der Waals surface area contributed by atoms with Crippen molar-refractivity contribution in [2.45, 2.75) is 33.6 Å². The van der Waals surface area contributed by atoms with Crippen LogP contribution in [0.3, 0.4) is 0 Å². The summed E-state index contributed by atoms with van der Waals surface area (Å²) in [5.74, 6) is 0.0942. The number of carbonyl (C=O) groups is 3. The van der Waals surface area contributed by atoms with Crippen molar-refractivity contribution in [3.63, 3.8) is 0 Å². The topological polar surface area (TPSA) is 83.0 Å². The number of carbonyl (C=O) groups excluding carboxylic acids is 3. The lowest BCUT2D eigenvalue weighted by Gasteiger charge is -2.25. The minimum Gasteiger partial charge on any atom is -0.492 e. The number of amides is 3. The van der Waals surface area contributed by atoms with Crippen LogP contribution in [0.2, 0.25) is 0 Å². The molecule has 2 heterocycles. The Morgan fingerprint density at radius 2 is 1.69 bits per heavy atom. The van der Waals surface area contributed by atoms with Gasteiger partial charge in [0.15, 0.2) is 5.13 Å². The quantitative estimate of drug-likeness (QED) is 0.390. The molecule has 0 atom stereocenters. The van der Waals surface area contributed by atoms with Crippen molar-refractivity contribution in [1.29, 1.82) is 0 Å². The number of hydrogen-bond acceptors (Lipinski definition) is 7. The zero-order valence-electron chi connectivity index (χ0n) is 20.3. The van der Waals surface area contributed by atoms with E-state index in [2.05, 4.69) is 18.7 Å². The third-order valence-electron chi connectivity index (χ3n) is 6.10. The van der Waals surface area contributed by atoms with E-state index in [1.807, 2.05) is 25.1 Å². The van der Waals surface area contributed by atoms with Gasteiger partial charge in [0.1, 0.15) is 11.3 Å². The van der Waals surface area contributed by atoms with Crippen LogP contribution in [0, 0.1) is 0 Å². The lowest BCUT2D eigenvalue weighted by molar-refractivity contribution is -0.121. The number of imide groups is 1. The first-order valence-corrected chi connectivity index (χ1v) is 12.8. The van der Waals surface area contributed by atoms with E-state index in [-0.39, 0.29) is 30.6 Å². The highest BCUT2D eigenvalue weighted by Crippen LogP contribution is 2.35. The highest BCUT2D eigenvalue weighted by atomic mass is 32.1. The Morgan fingerprint density at radius 1 is 1.00 bits per heavy atom. The van der Waals surface area contributed by atoms with E-state index >= 15 is 0 Å². The smallest absolute Gasteiger partial charge is 0.260 e. The molecular formula is C26H30N4O4S. The molecule has 0 bridgehead atoms. The van der Waals surface area contributed by atoms with Crippen LogP contribution in [0.25, 0.3) is 10.2 Å². The Kier molecular flexibility index (Phi) is 7.77. The standard InChI is InChI=1S/C26H30N4O4S/c1-4-28(5-2)16-17-29(26-27-24-20(34-6-3)8-7-9-21(24)35-26)25(33)18-10-12-19(13-11-18)30-22(31)14-15-23(30)32/h7-13H,4-6,14-17H2,1-3H3. The summed E-state index contributed by atoms with van der Waals surface area (Å²) < 4.78 is 6.69. The SMILES string of the molecule is CCOc1cccc2sc(N(CCN(CC)CC)C(=O)c3ccc(N4C(=O)CCC4=O)cc3)nc12. The predicted octanol–water partition coefficient (Wildman–Crippen LogP) is 4.34. The molecule has 184 valence electrons. The number of fused-ring (bicyclic) bond motifs is 1. The molecule has 1 saturated heterocycles. The van der Waals surface area contributed by atoms with Gasteiger partial charge in [-0.05, 0) is 56.4 Å². The molecule has 3 aromatic rings. The van der Waals surface area contributed by atoms with E-state index in [1.54, 1.807) is 29.2 Å². The first-order valence-electron chi connectivity index (χ1n) is 12.0. The largest absolute Gasteiger partial charge is 0.492 e. The summed E-state index contributed by atoms with van der Waals surface area (Å²) in [6.45, 7) is 9.63. The first-order chi connectivity index (χ1) is 17.0. The van der Waals surface area contributed by atoms with Gasteiger partial charge >= 0.3 is 0 Å². The molecule has 0 radical (unpaired) electrons. The summed E-state index contributed by atoms with van der Waals surface area (Å²) in [4.78, 5) is 47.8. The molecule has 0 aliphatic carbocycles. The van der Waals surface area contributed by atoms with Crippen molar-refractivity contribution >= 4 is 50.1 Å². The molecule has 1 fully saturated rings. The maximum Gasteiger partial charge on any atom is 0.260 e. The minimum atomic E-state index is -0.213. The average Bonchev–Trinajstić information content (AvgIpc) is 3.45. The molecule has 0 spiro atoms. The van der Waals surface area contributed by atoms with Crippen LogP contribution in [-0.2, 0) is 9.59 Å². The van der Waals surface area contributed by atoms with Gasteiger partial charge in [0, 0.05) is 31.5 Å². The summed E-state index contributed by atoms with van der Waals surface area (Å²) in [6.07, 6.45) is 0.444. The van der Waals surface area contributed by atoms with Crippen molar-refractivity contribution in [3.8, 4) is 5.75 Å². The maximum absolute atomic E-state index is 13.7. The van der Waals surface area contributed by atoms with Crippen LogP contribution >= 0.6 is 11.3 Å². The molecule has 35 heavy (non-hydrogen) atoms. The Balaban J connectivity index is 1.65. The summed E-state index contributed by atoms with van der Waals surface area (Å²) in [5.41, 5.74) is 1.71. The van der Waals surface area contributed by atoms with Crippen LogP contribution in [0.1, 0.15) is 44.0 Å². The maximum atomic E-state index is 13.7. The summed E-state index contributed by atoms with van der Waals surface area (Å²) >= 11 is 1.46. The monoisotopic (exact) mass is 494 g/mol. The molecule has 0 unspecified atom stereocenters. The van der Waals surface area contributed by atoms with E-state index in [9.17, 15) is 14.4 Å². The highest BCUT2D eigenvalue weighted by molar-refractivity contribution is 7.22. The van der Waals surface area contributed by atoms with E-state index in [4.69, 9.17) is 9.72 Å². The van der Waals surface area contributed by atoms with Gasteiger partial charge in [-0.15, -0.1) is 0 Å². The molecule has 1 aromatic heterocycles. The number of ether oxygens (including phenoxy) is 1. The third-order valence-corrected chi connectivity index (χ3v) is 7.15. The first kappa shape index (κ1) is 24.8. The number of benzene rings is 2. The van der Waals surface area contributed by atoms with E-state index in [0.29, 0.717) is 41.8 Å². The summed E-state index contributed by atoms with van der Waals surface area (Å²) in [5, 5.41) is 0.610.